The predicted molar refractivity (Wildman–Crippen MR) is 63.6 cm³/mol. The average molecular weight is 221 g/mol. The molecule has 1 fully saturated rings. The molecule has 1 aromatic carbocycles. The zero-order chi connectivity index (χ0) is 11.5. The topological polar surface area (TPSA) is 32.7 Å². The third kappa shape index (κ3) is 2.20. The van der Waals surface area contributed by atoms with Gasteiger partial charge in [-0.2, -0.15) is 0 Å². The second-order valence-corrected chi connectivity index (χ2v) is 4.51. The summed E-state index contributed by atoms with van der Waals surface area (Å²) in [5, 5.41) is 9.18. The van der Waals surface area contributed by atoms with Gasteiger partial charge in [-0.3, -0.25) is 4.90 Å². The number of aliphatic hydroxyl groups is 1. The van der Waals surface area contributed by atoms with Gasteiger partial charge in [0, 0.05) is 19.2 Å². The fourth-order valence-electron chi connectivity index (χ4n) is 2.45. The smallest absolute Gasteiger partial charge is 0.118 e. The second-order valence-electron chi connectivity index (χ2n) is 4.51. The van der Waals surface area contributed by atoms with Crippen molar-refractivity contribution in [1.82, 2.24) is 4.90 Å². The average Bonchev–Trinajstić information content (AvgIpc) is 2.71. The molecular formula is C13H19NO2. The highest BCUT2D eigenvalue weighted by Crippen LogP contribution is 2.34. The van der Waals surface area contributed by atoms with Crippen molar-refractivity contribution in [2.45, 2.75) is 12.5 Å². The molecule has 1 saturated heterocycles. The van der Waals surface area contributed by atoms with E-state index in [0.717, 1.165) is 18.7 Å². The Morgan fingerprint density at radius 2 is 2.06 bits per heavy atom. The lowest BCUT2D eigenvalue weighted by molar-refractivity contribution is 0.227. The van der Waals surface area contributed by atoms with E-state index in [0.29, 0.717) is 12.0 Å². The van der Waals surface area contributed by atoms with Gasteiger partial charge in [0.2, 0.25) is 0 Å². The van der Waals surface area contributed by atoms with Gasteiger partial charge in [-0.15, -0.1) is 0 Å². The fourth-order valence-corrected chi connectivity index (χ4v) is 2.45. The molecule has 0 spiro atoms. The molecule has 16 heavy (non-hydrogen) atoms. The first-order valence-corrected chi connectivity index (χ1v) is 5.69. The van der Waals surface area contributed by atoms with Gasteiger partial charge in [0.25, 0.3) is 0 Å². The van der Waals surface area contributed by atoms with Crippen LogP contribution in [0.4, 0.5) is 0 Å². The van der Waals surface area contributed by atoms with Crippen LogP contribution in [0.3, 0.4) is 0 Å². The third-order valence-corrected chi connectivity index (χ3v) is 3.39. The van der Waals surface area contributed by atoms with Crippen molar-refractivity contribution in [1.29, 1.82) is 0 Å². The monoisotopic (exact) mass is 221 g/mol. The van der Waals surface area contributed by atoms with Gasteiger partial charge in [-0.1, -0.05) is 12.1 Å². The summed E-state index contributed by atoms with van der Waals surface area (Å²) in [5.74, 6) is 1.31. The van der Waals surface area contributed by atoms with E-state index in [1.54, 1.807) is 7.11 Å². The molecule has 2 atom stereocenters. The number of methoxy groups -OCH3 is 1. The minimum atomic E-state index is 0.289. The molecule has 0 saturated carbocycles. The Labute approximate surface area is 96.6 Å². The molecule has 0 amide bonds. The van der Waals surface area contributed by atoms with E-state index in [1.165, 1.54) is 5.56 Å². The molecule has 0 unspecified atom stereocenters. The van der Waals surface area contributed by atoms with Gasteiger partial charge in [0.15, 0.2) is 0 Å². The molecule has 2 rings (SSSR count). The van der Waals surface area contributed by atoms with Crippen LogP contribution >= 0.6 is 0 Å². The standard InChI is InChI=1S/C13H19NO2/c1-14-8-10(9-15)7-13(14)11-3-5-12(16-2)6-4-11/h3-6,10,13,15H,7-9H2,1-2H3/t10-,13+/m0/s1. The van der Waals surface area contributed by atoms with E-state index in [9.17, 15) is 5.11 Å². The predicted octanol–water partition coefficient (Wildman–Crippen LogP) is 1.68. The van der Waals surface area contributed by atoms with E-state index >= 15 is 0 Å². The van der Waals surface area contributed by atoms with E-state index in [2.05, 4.69) is 24.1 Å². The maximum atomic E-state index is 9.18. The highest BCUT2D eigenvalue weighted by atomic mass is 16.5. The summed E-state index contributed by atoms with van der Waals surface area (Å²) in [6, 6.07) is 8.65. The molecule has 3 heteroatoms. The fraction of sp³-hybridized carbons (Fsp3) is 0.538. The van der Waals surface area contributed by atoms with Crippen LogP contribution in [-0.2, 0) is 0 Å². The lowest BCUT2D eigenvalue weighted by atomic mass is 10.0. The summed E-state index contributed by atoms with van der Waals surface area (Å²) in [6.07, 6.45) is 1.04. The lowest BCUT2D eigenvalue weighted by Gasteiger charge is -2.19. The van der Waals surface area contributed by atoms with Gasteiger partial charge in [-0.25, -0.2) is 0 Å². The minimum absolute atomic E-state index is 0.289. The Morgan fingerprint density at radius 3 is 2.56 bits per heavy atom. The van der Waals surface area contributed by atoms with Crippen molar-refractivity contribution in [3.8, 4) is 5.75 Å². The summed E-state index contributed by atoms with van der Waals surface area (Å²) < 4.78 is 5.15. The number of aliphatic hydroxyl groups excluding tert-OH is 1. The number of hydrogen-bond acceptors (Lipinski definition) is 3. The Bertz CT molecular complexity index is 336. The molecule has 0 bridgehead atoms. The normalized spacial score (nSPS) is 25.9. The number of rotatable bonds is 3. The van der Waals surface area contributed by atoms with Gasteiger partial charge in [-0.05, 0) is 37.1 Å². The van der Waals surface area contributed by atoms with Crippen LogP contribution in [0, 0.1) is 5.92 Å². The number of ether oxygens (including phenoxy) is 1. The zero-order valence-electron chi connectivity index (χ0n) is 9.89. The van der Waals surface area contributed by atoms with Gasteiger partial charge >= 0.3 is 0 Å². The molecule has 1 N–H and O–H groups in total. The minimum Gasteiger partial charge on any atom is -0.497 e. The summed E-state index contributed by atoms with van der Waals surface area (Å²) in [6.45, 7) is 1.27. The van der Waals surface area contributed by atoms with Crippen molar-refractivity contribution in [3.05, 3.63) is 29.8 Å². The van der Waals surface area contributed by atoms with Gasteiger partial charge < -0.3 is 9.84 Å². The van der Waals surface area contributed by atoms with Crippen LogP contribution in [0.25, 0.3) is 0 Å². The molecule has 0 aliphatic carbocycles. The summed E-state index contributed by atoms with van der Waals surface area (Å²) >= 11 is 0. The molecule has 0 aromatic heterocycles. The van der Waals surface area contributed by atoms with Crippen molar-refractivity contribution in [3.63, 3.8) is 0 Å². The highest BCUT2D eigenvalue weighted by molar-refractivity contribution is 5.29. The van der Waals surface area contributed by atoms with Crippen LogP contribution < -0.4 is 4.74 Å². The van der Waals surface area contributed by atoms with Crippen LogP contribution in [0.1, 0.15) is 18.0 Å². The Balaban J connectivity index is 2.11. The SMILES string of the molecule is COc1ccc([C@H]2C[C@H](CO)CN2C)cc1. The van der Waals surface area contributed by atoms with Crippen molar-refractivity contribution >= 4 is 0 Å². The number of hydrogen-bond donors (Lipinski definition) is 1. The molecule has 3 nitrogen and oxygen atoms in total. The largest absolute Gasteiger partial charge is 0.497 e. The summed E-state index contributed by atoms with van der Waals surface area (Å²) in [5.41, 5.74) is 1.30. The molecule has 1 aromatic rings. The van der Waals surface area contributed by atoms with Crippen molar-refractivity contribution < 1.29 is 9.84 Å². The van der Waals surface area contributed by atoms with Gasteiger partial charge in [0.05, 0.1) is 7.11 Å². The summed E-state index contributed by atoms with van der Waals surface area (Å²) in [7, 11) is 3.79. The molecular weight excluding hydrogens is 202 g/mol. The lowest BCUT2D eigenvalue weighted by Crippen LogP contribution is -2.18. The first-order chi connectivity index (χ1) is 7.74. The highest BCUT2D eigenvalue weighted by Gasteiger charge is 2.29. The van der Waals surface area contributed by atoms with Crippen LogP contribution in [-0.4, -0.2) is 37.3 Å². The van der Waals surface area contributed by atoms with E-state index in [4.69, 9.17) is 4.74 Å². The maximum Gasteiger partial charge on any atom is 0.118 e. The van der Waals surface area contributed by atoms with Crippen LogP contribution in [0.15, 0.2) is 24.3 Å². The number of likely N-dealkylation sites (tertiary alicyclic amines) is 1. The Hall–Kier alpha value is -1.06. The van der Waals surface area contributed by atoms with E-state index in [-0.39, 0.29) is 6.61 Å². The van der Waals surface area contributed by atoms with Crippen LogP contribution in [0.5, 0.6) is 5.75 Å². The molecule has 1 aliphatic rings. The maximum absolute atomic E-state index is 9.18. The van der Waals surface area contributed by atoms with E-state index < -0.39 is 0 Å². The number of nitrogens with zero attached hydrogens (tertiary/aromatic N) is 1. The first kappa shape index (κ1) is 11.4. The summed E-state index contributed by atoms with van der Waals surface area (Å²) in [4.78, 5) is 2.31. The Kier molecular flexibility index (Phi) is 3.46. The molecule has 0 radical (unpaired) electrons. The molecule has 1 heterocycles. The number of benzene rings is 1. The Morgan fingerprint density at radius 1 is 1.38 bits per heavy atom. The van der Waals surface area contributed by atoms with Gasteiger partial charge in [0.1, 0.15) is 5.75 Å². The van der Waals surface area contributed by atoms with Crippen LogP contribution in [0.2, 0.25) is 0 Å². The quantitative estimate of drug-likeness (QED) is 0.843. The van der Waals surface area contributed by atoms with Crippen molar-refractivity contribution in [2.24, 2.45) is 5.92 Å². The van der Waals surface area contributed by atoms with Crippen molar-refractivity contribution in [2.75, 3.05) is 27.3 Å². The zero-order valence-corrected chi connectivity index (χ0v) is 9.89. The third-order valence-electron chi connectivity index (χ3n) is 3.39. The second kappa shape index (κ2) is 4.85. The first-order valence-electron chi connectivity index (χ1n) is 5.69. The molecule has 1 aliphatic heterocycles. The molecule has 88 valence electrons. The van der Waals surface area contributed by atoms with E-state index in [1.807, 2.05) is 12.1 Å².